The molecule has 0 aliphatic carbocycles. The highest BCUT2D eigenvalue weighted by Crippen LogP contribution is 2.17. The van der Waals surface area contributed by atoms with Gasteiger partial charge in [-0.25, -0.2) is 0 Å². The van der Waals surface area contributed by atoms with Crippen molar-refractivity contribution in [3.63, 3.8) is 0 Å². The molecule has 0 radical (unpaired) electrons. The highest BCUT2D eigenvalue weighted by Gasteiger charge is 2.14. The number of benzene rings is 1. The third-order valence-corrected chi connectivity index (χ3v) is 3.45. The van der Waals surface area contributed by atoms with Crippen molar-refractivity contribution in [1.82, 2.24) is 5.32 Å². The quantitative estimate of drug-likeness (QED) is 0.573. The van der Waals surface area contributed by atoms with Crippen molar-refractivity contribution >= 4 is 17.5 Å². The molecule has 0 aliphatic rings. The molecule has 0 atom stereocenters. The first-order valence-corrected chi connectivity index (χ1v) is 7.79. The van der Waals surface area contributed by atoms with Crippen molar-refractivity contribution in [1.29, 1.82) is 0 Å². The number of aryl methyl sites for hydroxylation is 1. The first kappa shape index (κ1) is 18.2. The Kier molecular flexibility index (Phi) is 8.22. The number of ether oxygens (including phenoxy) is 1. The third kappa shape index (κ3) is 6.26. The van der Waals surface area contributed by atoms with Gasteiger partial charge in [-0.1, -0.05) is 25.5 Å². The minimum atomic E-state index is -0.638. The summed E-state index contributed by atoms with van der Waals surface area (Å²) in [5.74, 6) is -1.25. The van der Waals surface area contributed by atoms with Gasteiger partial charge in [-0.05, 0) is 43.9 Å². The molecule has 0 saturated heterocycles. The van der Waals surface area contributed by atoms with Gasteiger partial charge in [0.2, 0.25) is 0 Å². The number of anilines is 1. The van der Waals surface area contributed by atoms with Gasteiger partial charge in [-0.15, -0.1) is 0 Å². The van der Waals surface area contributed by atoms with Gasteiger partial charge in [-0.2, -0.15) is 0 Å². The molecule has 0 aromatic heterocycles. The molecule has 0 heterocycles. The molecule has 1 rings (SSSR count). The number of unbranched alkanes of at least 4 members (excludes halogenated alkanes) is 1. The zero-order valence-electron chi connectivity index (χ0n) is 13.7. The van der Waals surface area contributed by atoms with Crippen LogP contribution in [0.1, 0.15) is 37.3 Å². The van der Waals surface area contributed by atoms with E-state index in [0.29, 0.717) is 25.3 Å². The minimum absolute atomic E-state index is 0.436. The zero-order valence-corrected chi connectivity index (χ0v) is 13.7. The number of hydrogen-bond donors (Lipinski definition) is 2. The Hall–Kier alpha value is -1.88. The Labute approximate surface area is 132 Å². The predicted octanol–water partition coefficient (Wildman–Crippen LogP) is 2.56. The molecule has 0 bridgehead atoms. The smallest absolute Gasteiger partial charge is 0.313 e. The number of carbonyl (C=O) groups is 2. The van der Waals surface area contributed by atoms with E-state index in [0.717, 1.165) is 30.6 Å². The molecule has 0 unspecified atom stereocenters. The van der Waals surface area contributed by atoms with Crippen LogP contribution in [0.4, 0.5) is 5.69 Å². The van der Waals surface area contributed by atoms with E-state index in [1.165, 1.54) is 0 Å². The molecule has 0 fully saturated rings. The fraction of sp³-hybridized carbons (Fsp3) is 0.529. The van der Waals surface area contributed by atoms with E-state index < -0.39 is 11.8 Å². The average molecular weight is 306 g/mol. The van der Waals surface area contributed by atoms with Crippen LogP contribution in [0.25, 0.3) is 0 Å². The largest absolute Gasteiger partial charge is 0.381 e. The lowest BCUT2D eigenvalue weighted by Crippen LogP contribution is -2.36. The van der Waals surface area contributed by atoms with Crippen LogP contribution in [0.5, 0.6) is 0 Å². The monoisotopic (exact) mass is 306 g/mol. The maximum Gasteiger partial charge on any atom is 0.313 e. The lowest BCUT2D eigenvalue weighted by atomic mass is 10.1. The lowest BCUT2D eigenvalue weighted by molar-refractivity contribution is -0.136. The first-order valence-electron chi connectivity index (χ1n) is 7.79. The molecule has 0 saturated carbocycles. The Balaban J connectivity index is 2.28. The summed E-state index contributed by atoms with van der Waals surface area (Å²) < 4.78 is 5.39. The molecule has 1 aromatic rings. The van der Waals surface area contributed by atoms with Gasteiger partial charge in [0.25, 0.3) is 0 Å². The standard InChI is InChI=1S/C17H26N2O3/c1-4-5-11-22-12-7-10-18-16(20)17(21)19-15-9-6-8-13(2)14(15)3/h6,8-9H,4-5,7,10-12H2,1-3H3,(H,18,20)(H,19,21). The summed E-state index contributed by atoms with van der Waals surface area (Å²) in [5.41, 5.74) is 2.71. The number of amides is 2. The summed E-state index contributed by atoms with van der Waals surface area (Å²) >= 11 is 0. The number of hydrogen-bond acceptors (Lipinski definition) is 3. The van der Waals surface area contributed by atoms with Crippen LogP contribution in [0, 0.1) is 13.8 Å². The van der Waals surface area contributed by atoms with Crippen LogP contribution in [0.3, 0.4) is 0 Å². The number of nitrogens with one attached hydrogen (secondary N) is 2. The molecule has 122 valence electrons. The van der Waals surface area contributed by atoms with Crippen molar-refractivity contribution in [2.24, 2.45) is 0 Å². The van der Waals surface area contributed by atoms with Crippen LogP contribution < -0.4 is 10.6 Å². The molecule has 2 N–H and O–H groups in total. The van der Waals surface area contributed by atoms with Crippen molar-refractivity contribution in [2.45, 2.75) is 40.0 Å². The minimum Gasteiger partial charge on any atom is -0.381 e. The molecular formula is C17H26N2O3. The van der Waals surface area contributed by atoms with Gasteiger partial charge in [-0.3, -0.25) is 9.59 Å². The van der Waals surface area contributed by atoms with Crippen LogP contribution in [0.15, 0.2) is 18.2 Å². The van der Waals surface area contributed by atoms with Crippen LogP contribution in [-0.2, 0) is 14.3 Å². The summed E-state index contributed by atoms with van der Waals surface area (Å²) in [5, 5.41) is 5.23. The van der Waals surface area contributed by atoms with E-state index in [1.54, 1.807) is 6.07 Å². The molecule has 5 heteroatoms. The van der Waals surface area contributed by atoms with Gasteiger partial charge in [0, 0.05) is 25.4 Å². The second-order valence-corrected chi connectivity index (χ2v) is 5.28. The van der Waals surface area contributed by atoms with Gasteiger partial charge in [0.05, 0.1) is 0 Å². The maximum atomic E-state index is 11.8. The Morgan fingerprint density at radius 1 is 1.09 bits per heavy atom. The Morgan fingerprint density at radius 3 is 2.55 bits per heavy atom. The molecule has 0 spiro atoms. The Morgan fingerprint density at radius 2 is 1.82 bits per heavy atom. The lowest BCUT2D eigenvalue weighted by Gasteiger charge is -2.10. The third-order valence-electron chi connectivity index (χ3n) is 3.45. The zero-order chi connectivity index (χ0) is 16.4. The molecule has 2 amide bonds. The van der Waals surface area contributed by atoms with Crippen LogP contribution in [0.2, 0.25) is 0 Å². The van der Waals surface area contributed by atoms with E-state index >= 15 is 0 Å². The topological polar surface area (TPSA) is 67.4 Å². The van der Waals surface area contributed by atoms with E-state index in [1.807, 2.05) is 26.0 Å². The summed E-state index contributed by atoms with van der Waals surface area (Å²) in [4.78, 5) is 23.5. The van der Waals surface area contributed by atoms with Crippen LogP contribution in [-0.4, -0.2) is 31.6 Å². The second kappa shape index (κ2) is 9.95. The molecule has 1 aromatic carbocycles. The van der Waals surface area contributed by atoms with Crippen molar-refractivity contribution < 1.29 is 14.3 Å². The van der Waals surface area contributed by atoms with E-state index in [2.05, 4.69) is 17.6 Å². The van der Waals surface area contributed by atoms with Crippen molar-refractivity contribution in [3.05, 3.63) is 29.3 Å². The van der Waals surface area contributed by atoms with Crippen molar-refractivity contribution in [3.8, 4) is 0 Å². The normalized spacial score (nSPS) is 10.3. The summed E-state index contributed by atoms with van der Waals surface area (Å²) in [6.07, 6.45) is 2.85. The number of carbonyl (C=O) groups excluding carboxylic acids is 2. The van der Waals surface area contributed by atoms with Crippen molar-refractivity contribution in [2.75, 3.05) is 25.1 Å². The average Bonchev–Trinajstić information content (AvgIpc) is 2.50. The summed E-state index contributed by atoms with van der Waals surface area (Å²) in [6, 6.07) is 5.60. The van der Waals surface area contributed by atoms with Crippen LogP contribution >= 0.6 is 0 Å². The second-order valence-electron chi connectivity index (χ2n) is 5.28. The highest BCUT2D eigenvalue weighted by atomic mass is 16.5. The predicted molar refractivity (Wildman–Crippen MR) is 87.9 cm³/mol. The highest BCUT2D eigenvalue weighted by molar-refractivity contribution is 6.39. The first-order chi connectivity index (χ1) is 10.6. The molecule has 22 heavy (non-hydrogen) atoms. The maximum absolute atomic E-state index is 11.8. The van der Waals surface area contributed by atoms with Gasteiger partial charge >= 0.3 is 11.8 Å². The Bertz CT molecular complexity index is 501. The van der Waals surface area contributed by atoms with Gasteiger partial charge in [0.1, 0.15) is 0 Å². The van der Waals surface area contributed by atoms with Gasteiger partial charge in [0.15, 0.2) is 0 Å². The van der Waals surface area contributed by atoms with E-state index in [4.69, 9.17) is 4.74 Å². The molecule has 0 aliphatic heterocycles. The number of rotatable bonds is 8. The SMILES string of the molecule is CCCCOCCCNC(=O)C(=O)Nc1cccc(C)c1C. The molecular weight excluding hydrogens is 280 g/mol. The van der Waals surface area contributed by atoms with E-state index in [9.17, 15) is 9.59 Å². The fourth-order valence-corrected chi connectivity index (χ4v) is 1.87. The fourth-order valence-electron chi connectivity index (χ4n) is 1.87. The van der Waals surface area contributed by atoms with E-state index in [-0.39, 0.29) is 0 Å². The summed E-state index contributed by atoms with van der Waals surface area (Å²) in [7, 11) is 0. The molecule has 5 nitrogen and oxygen atoms in total. The van der Waals surface area contributed by atoms with Gasteiger partial charge < -0.3 is 15.4 Å². The summed E-state index contributed by atoms with van der Waals surface area (Å²) in [6.45, 7) is 7.76.